The first-order valence-electron chi connectivity index (χ1n) is 23.2. The Bertz CT molecular complexity index is 904. The maximum absolute atomic E-state index is 12.2. The molecular weight excluding hydrogens is 669 g/mol. The molecule has 0 aromatic rings. The van der Waals surface area contributed by atoms with Crippen molar-refractivity contribution in [2.24, 2.45) is 0 Å². The molecule has 5 nitrogen and oxygen atoms in total. The summed E-state index contributed by atoms with van der Waals surface area (Å²) in [4.78, 5) is 24.4. The van der Waals surface area contributed by atoms with Crippen LogP contribution >= 0.6 is 0 Å². The van der Waals surface area contributed by atoms with E-state index >= 15 is 0 Å². The minimum absolute atomic E-state index is 0.0808. The number of aliphatic hydroxyl groups is 1. The molecule has 0 saturated carbocycles. The van der Waals surface area contributed by atoms with Crippen LogP contribution in [0.15, 0.2) is 48.6 Å². The van der Waals surface area contributed by atoms with Gasteiger partial charge in [-0.25, -0.2) is 0 Å². The summed E-state index contributed by atoms with van der Waals surface area (Å²) in [5.74, 6) is -0.619. The first-order chi connectivity index (χ1) is 26.6. The van der Waals surface area contributed by atoms with E-state index in [1.165, 1.54) is 141 Å². The second kappa shape index (κ2) is 45.3. The van der Waals surface area contributed by atoms with Crippen LogP contribution in [0.4, 0.5) is 0 Å². The number of carbonyl (C=O) groups excluding carboxylic acids is 2. The molecule has 0 unspecified atom stereocenters. The number of esters is 2. The Hall–Kier alpha value is -2.14. The zero-order valence-electron chi connectivity index (χ0n) is 35.7. The Morgan fingerprint density at radius 2 is 0.741 bits per heavy atom. The van der Waals surface area contributed by atoms with Crippen molar-refractivity contribution >= 4 is 11.9 Å². The van der Waals surface area contributed by atoms with Gasteiger partial charge in [-0.15, -0.1) is 0 Å². The van der Waals surface area contributed by atoms with Crippen LogP contribution in [0.3, 0.4) is 0 Å². The average molecular weight is 757 g/mol. The molecule has 0 fully saturated rings. The Kier molecular flexibility index (Phi) is 43.5. The number of ether oxygens (including phenoxy) is 2. The maximum atomic E-state index is 12.2. The van der Waals surface area contributed by atoms with Crippen molar-refractivity contribution in [3.05, 3.63) is 48.6 Å². The molecule has 0 aliphatic carbocycles. The van der Waals surface area contributed by atoms with Crippen LogP contribution in [0.5, 0.6) is 0 Å². The van der Waals surface area contributed by atoms with Crippen molar-refractivity contribution in [1.29, 1.82) is 0 Å². The van der Waals surface area contributed by atoms with Crippen LogP contribution in [-0.2, 0) is 19.1 Å². The van der Waals surface area contributed by atoms with Crippen molar-refractivity contribution in [2.45, 2.75) is 238 Å². The van der Waals surface area contributed by atoms with Gasteiger partial charge < -0.3 is 14.6 Å². The lowest BCUT2D eigenvalue weighted by atomic mass is 10.0. The third-order valence-corrected chi connectivity index (χ3v) is 10.1. The van der Waals surface area contributed by atoms with Crippen molar-refractivity contribution in [2.75, 3.05) is 13.2 Å². The Labute approximate surface area is 335 Å². The summed E-state index contributed by atoms with van der Waals surface area (Å²) in [5, 5.41) is 9.59. The van der Waals surface area contributed by atoms with Crippen molar-refractivity contribution in [3.63, 3.8) is 0 Å². The highest BCUT2D eigenvalue weighted by atomic mass is 16.6. The molecule has 0 radical (unpaired) electrons. The average Bonchev–Trinajstić information content (AvgIpc) is 3.17. The molecule has 5 heteroatoms. The van der Waals surface area contributed by atoms with E-state index in [1.54, 1.807) is 0 Å². The molecule has 1 N–H and O–H groups in total. The molecule has 0 saturated heterocycles. The molecule has 0 aliphatic heterocycles. The van der Waals surface area contributed by atoms with E-state index in [0.29, 0.717) is 12.8 Å². The molecule has 0 bridgehead atoms. The highest BCUT2D eigenvalue weighted by Crippen LogP contribution is 2.16. The number of unbranched alkanes of at least 4 members (excludes halogenated alkanes) is 26. The van der Waals surface area contributed by atoms with Crippen molar-refractivity contribution < 1.29 is 24.2 Å². The zero-order valence-corrected chi connectivity index (χ0v) is 35.7. The molecular formula is C49H88O5. The second-order valence-electron chi connectivity index (χ2n) is 15.5. The van der Waals surface area contributed by atoms with Gasteiger partial charge in [0.2, 0.25) is 0 Å². The Morgan fingerprint density at radius 1 is 0.426 bits per heavy atom. The highest BCUT2D eigenvalue weighted by molar-refractivity contribution is 5.70. The molecule has 0 aromatic heterocycles. The SMILES string of the molecule is CCCCC/C=C\C/C=C\C/C=C\C/C=C\CCCCCC(=O)OC[C@H](CO)OC(=O)CCCCCCCCCCCCCCCCCCCCCCC. The molecule has 0 amide bonds. The first-order valence-corrected chi connectivity index (χ1v) is 23.2. The van der Waals surface area contributed by atoms with Gasteiger partial charge in [-0.05, 0) is 57.8 Å². The predicted molar refractivity (Wildman–Crippen MR) is 233 cm³/mol. The van der Waals surface area contributed by atoms with Crippen LogP contribution in [0, 0.1) is 0 Å². The fourth-order valence-electron chi connectivity index (χ4n) is 6.60. The zero-order chi connectivity index (χ0) is 39.3. The molecule has 0 rings (SSSR count). The number of aliphatic hydroxyl groups excluding tert-OH is 1. The lowest BCUT2D eigenvalue weighted by Gasteiger charge is -2.15. The smallest absolute Gasteiger partial charge is 0.306 e. The van der Waals surface area contributed by atoms with Gasteiger partial charge in [0, 0.05) is 12.8 Å². The van der Waals surface area contributed by atoms with Gasteiger partial charge in [0.15, 0.2) is 6.10 Å². The number of carbonyl (C=O) groups is 2. The number of allylic oxidation sites excluding steroid dienone is 8. The summed E-state index contributed by atoms with van der Waals surface area (Å²) >= 11 is 0. The first kappa shape index (κ1) is 51.9. The van der Waals surface area contributed by atoms with Crippen LogP contribution in [0.2, 0.25) is 0 Å². The lowest BCUT2D eigenvalue weighted by Crippen LogP contribution is -2.28. The standard InChI is InChI=1S/C49H88O5/c1-3-5-7-9-11-13-15-17-19-21-23-24-26-28-30-32-34-36-38-40-42-44-49(52)54-47(45-50)46-53-48(51)43-41-39-37-35-33-31-29-27-25-22-20-18-16-14-12-10-8-6-4-2/h12,14,18,20,25,27,31,33,47,50H,3-11,13,15-17,19,21-24,26,28-30,32,34-46H2,1-2H3/b14-12-,20-18-,27-25-,33-31-/t47-/m0/s1. The van der Waals surface area contributed by atoms with Gasteiger partial charge in [-0.1, -0.05) is 210 Å². The van der Waals surface area contributed by atoms with E-state index in [-0.39, 0.29) is 25.2 Å². The third kappa shape index (κ3) is 42.6. The van der Waals surface area contributed by atoms with Gasteiger partial charge in [-0.2, -0.15) is 0 Å². The molecule has 314 valence electrons. The largest absolute Gasteiger partial charge is 0.462 e. The predicted octanol–water partition coefficient (Wildman–Crippen LogP) is 15.0. The third-order valence-electron chi connectivity index (χ3n) is 10.1. The summed E-state index contributed by atoms with van der Waals surface area (Å²) in [6, 6.07) is 0. The van der Waals surface area contributed by atoms with E-state index in [9.17, 15) is 14.7 Å². The Balaban J connectivity index is 3.56. The van der Waals surface area contributed by atoms with Gasteiger partial charge >= 0.3 is 11.9 Å². The summed E-state index contributed by atoms with van der Waals surface area (Å²) in [7, 11) is 0. The molecule has 0 heterocycles. The van der Waals surface area contributed by atoms with Gasteiger partial charge in [0.25, 0.3) is 0 Å². The van der Waals surface area contributed by atoms with Crippen LogP contribution in [0.25, 0.3) is 0 Å². The van der Waals surface area contributed by atoms with E-state index < -0.39 is 6.10 Å². The van der Waals surface area contributed by atoms with Crippen molar-refractivity contribution in [1.82, 2.24) is 0 Å². The van der Waals surface area contributed by atoms with Gasteiger partial charge in [0.1, 0.15) is 6.61 Å². The van der Waals surface area contributed by atoms with Gasteiger partial charge in [-0.3, -0.25) is 9.59 Å². The number of rotatable bonds is 42. The number of hydrogen-bond donors (Lipinski definition) is 1. The molecule has 1 atom stereocenters. The maximum Gasteiger partial charge on any atom is 0.306 e. The minimum atomic E-state index is -0.783. The Morgan fingerprint density at radius 3 is 1.15 bits per heavy atom. The lowest BCUT2D eigenvalue weighted by molar-refractivity contribution is -0.161. The fraction of sp³-hybridized carbons (Fsp3) is 0.796. The summed E-state index contributed by atoms with van der Waals surface area (Å²) < 4.78 is 10.6. The highest BCUT2D eigenvalue weighted by Gasteiger charge is 2.16. The summed E-state index contributed by atoms with van der Waals surface area (Å²) in [6.07, 6.45) is 57.6. The normalized spacial score (nSPS) is 12.6. The molecule has 0 aromatic carbocycles. The van der Waals surface area contributed by atoms with Crippen LogP contribution in [-0.4, -0.2) is 36.4 Å². The molecule has 54 heavy (non-hydrogen) atoms. The number of hydrogen-bond acceptors (Lipinski definition) is 5. The fourth-order valence-corrected chi connectivity index (χ4v) is 6.60. The van der Waals surface area contributed by atoms with Crippen LogP contribution in [0.1, 0.15) is 232 Å². The van der Waals surface area contributed by atoms with Crippen LogP contribution < -0.4 is 0 Å². The van der Waals surface area contributed by atoms with E-state index in [0.717, 1.165) is 64.2 Å². The van der Waals surface area contributed by atoms with E-state index in [1.807, 2.05) is 0 Å². The minimum Gasteiger partial charge on any atom is -0.462 e. The quantitative estimate of drug-likeness (QED) is 0.0381. The monoisotopic (exact) mass is 757 g/mol. The van der Waals surface area contributed by atoms with Gasteiger partial charge in [0.05, 0.1) is 6.61 Å². The summed E-state index contributed by atoms with van der Waals surface area (Å²) in [5.41, 5.74) is 0. The topological polar surface area (TPSA) is 72.8 Å². The van der Waals surface area contributed by atoms with E-state index in [4.69, 9.17) is 9.47 Å². The second-order valence-corrected chi connectivity index (χ2v) is 15.5. The summed E-state index contributed by atoms with van der Waals surface area (Å²) in [6.45, 7) is 4.10. The van der Waals surface area contributed by atoms with Crippen molar-refractivity contribution in [3.8, 4) is 0 Å². The molecule has 0 spiro atoms. The van der Waals surface area contributed by atoms with E-state index in [2.05, 4.69) is 62.5 Å². The molecule has 0 aliphatic rings.